The van der Waals surface area contributed by atoms with E-state index in [1.165, 1.54) is 6.92 Å². The Kier molecular flexibility index (Phi) is 6.49. The molecule has 4 rings (SSSR count). The van der Waals surface area contributed by atoms with E-state index in [4.69, 9.17) is 0 Å². The summed E-state index contributed by atoms with van der Waals surface area (Å²) >= 11 is 0. The predicted molar refractivity (Wildman–Crippen MR) is 117 cm³/mol. The summed E-state index contributed by atoms with van der Waals surface area (Å²) in [5, 5.41) is 0. The normalized spacial score (nSPS) is 19.3. The first-order chi connectivity index (χ1) is 15.7. The number of sulfonamides is 1. The van der Waals surface area contributed by atoms with Crippen molar-refractivity contribution in [1.29, 1.82) is 0 Å². The molecule has 2 aliphatic rings. The highest BCUT2D eigenvalue weighted by atomic mass is 32.2. The average molecular weight is 478 g/mol. The van der Waals surface area contributed by atoms with Crippen LogP contribution >= 0.6 is 0 Å². The number of rotatable bonds is 4. The number of piperazine rings is 1. The second-order valence-corrected chi connectivity index (χ2v) is 10.1. The van der Waals surface area contributed by atoms with Crippen molar-refractivity contribution in [2.24, 2.45) is 0 Å². The van der Waals surface area contributed by atoms with Gasteiger partial charge in [0, 0.05) is 45.7 Å². The molecule has 0 radical (unpaired) electrons. The third kappa shape index (κ3) is 4.63. The van der Waals surface area contributed by atoms with Crippen molar-refractivity contribution in [3.63, 3.8) is 0 Å². The van der Waals surface area contributed by atoms with E-state index >= 15 is 0 Å². The molecule has 33 heavy (non-hydrogen) atoms. The lowest BCUT2D eigenvalue weighted by atomic mass is 9.90. The molecule has 10 heteroatoms. The lowest BCUT2D eigenvalue weighted by Gasteiger charge is -2.39. The summed E-state index contributed by atoms with van der Waals surface area (Å²) in [5.41, 5.74) is 2.07. The van der Waals surface area contributed by atoms with Gasteiger partial charge in [-0.05, 0) is 29.7 Å². The van der Waals surface area contributed by atoms with Gasteiger partial charge in [0.05, 0.1) is 12.5 Å². The fraction of sp³-hybridized carbons (Fsp3) is 0.391. The van der Waals surface area contributed by atoms with Gasteiger partial charge in [-0.15, -0.1) is 0 Å². The molecule has 2 aromatic rings. The third-order valence-corrected chi connectivity index (χ3v) is 8.22. The summed E-state index contributed by atoms with van der Waals surface area (Å²) in [6.07, 6.45) is 0.840. The van der Waals surface area contributed by atoms with Crippen molar-refractivity contribution in [1.82, 2.24) is 14.1 Å². The molecule has 1 atom stereocenters. The summed E-state index contributed by atoms with van der Waals surface area (Å²) in [4.78, 5) is 28.0. The lowest BCUT2D eigenvalue weighted by molar-refractivity contribution is -0.137. The van der Waals surface area contributed by atoms with E-state index in [0.717, 1.165) is 34.0 Å². The fourth-order valence-corrected chi connectivity index (χ4v) is 6.01. The second kappa shape index (κ2) is 9.18. The van der Waals surface area contributed by atoms with Crippen LogP contribution in [0.3, 0.4) is 0 Å². The Labute approximate surface area is 191 Å². The summed E-state index contributed by atoms with van der Waals surface area (Å²) < 4.78 is 53.9. The maximum Gasteiger partial charge on any atom is 0.246 e. The lowest BCUT2D eigenvalue weighted by Crippen LogP contribution is -2.51. The molecule has 0 aromatic heterocycles. The molecule has 176 valence electrons. The number of fused-ring (bicyclic) bond motifs is 1. The maximum atomic E-state index is 14.0. The van der Waals surface area contributed by atoms with Crippen molar-refractivity contribution in [2.75, 3.05) is 32.7 Å². The van der Waals surface area contributed by atoms with E-state index in [0.29, 0.717) is 12.6 Å². The highest BCUT2D eigenvalue weighted by molar-refractivity contribution is 7.89. The van der Waals surface area contributed by atoms with Crippen LogP contribution in [0.4, 0.5) is 8.78 Å². The Morgan fingerprint density at radius 3 is 2.36 bits per heavy atom. The van der Waals surface area contributed by atoms with Crippen LogP contribution in [0.15, 0.2) is 47.4 Å². The van der Waals surface area contributed by atoms with Crippen molar-refractivity contribution in [2.45, 2.75) is 30.7 Å². The molecule has 2 heterocycles. The van der Waals surface area contributed by atoms with Crippen molar-refractivity contribution >= 4 is 21.8 Å². The van der Waals surface area contributed by atoms with Crippen LogP contribution in [0.5, 0.6) is 0 Å². The van der Waals surface area contributed by atoms with E-state index in [-0.39, 0.29) is 50.5 Å². The zero-order valence-corrected chi connectivity index (χ0v) is 19.0. The summed E-state index contributed by atoms with van der Waals surface area (Å²) in [6.45, 7) is 2.33. The zero-order valence-electron chi connectivity index (χ0n) is 18.2. The topological polar surface area (TPSA) is 78.0 Å². The van der Waals surface area contributed by atoms with Gasteiger partial charge in [0.2, 0.25) is 21.8 Å². The molecule has 0 saturated carbocycles. The van der Waals surface area contributed by atoms with E-state index in [2.05, 4.69) is 0 Å². The van der Waals surface area contributed by atoms with E-state index in [9.17, 15) is 26.8 Å². The van der Waals surface area contributed by atoms with Crippen LogP contribution in [0.25, 0.3) is 0 Å². The Balaban J connectivity index is 1.45. The molecule has 0 aliphatic carbocycles. The van der Waals surface area contributed by atoms with E-state index in [1.807, 2.05) is 24.3 Å². The first kappa shape index (κ1) is 23.3. The average Bonchev–Trinajstić information content (AvgIpc) is 2.79. The number of carbonyl (C=O) groups is 2. The third-order valence-electron chi connectivity index (χ3n) is 6.29. The minimum absolute atomic E-state index is 0.00255. The number of benzene rings is 2. The van der Waals surface area contributed by atoms with Gasteiger partial charge in [0.25, 0.3) is 0 Å². The molecule has 0 spiro atoms. The van der Waals surface area contributed by atoms with Gasteiger partial charge in [0.15, 0.2) is 0 Å². The maximum absolute atomic E-state index is 14.0. The number of halogens is 2. The summed E-state index contributed by atoms with van der Waals surface area (Å²) in [7, 11) is -4.14. The van der Waals surface area contributed by atoms with Crippen molar-refractivity contribution < 1.29 is 26.8 Å². The van der Waals surface area contributed by atoms with Gasteiger partial charge in [-0.2, -0.15) is 4.31 Å². The van der Waals surface area contributed by atoms with Crippen molar-refractivity contribution in [3.8, 4) is 0 Å². The minimum Gasteiger partial charge on any atom is -0.340 e. The molecule has 1 fully saturated rings. The van der Waals surface area contributed by atoms with Gasteiger partial charge in [-0.25, -0.2) is 17.2 Å². The Morgan fingerprint density at radius 1 is 1.00 bits per heavy atom. The number of hydrogen-bond donors (Lipinski definition) is 0. The standard InChI is InChI=1S/C23H25F2N3O4S/c1-16(29)28-9-8-17-4-2-3-5-19(17)21(28)15-23(30)26-10-12-27(13-11-26)33(31,32)22-7-6-18(24)14-20(22)25/h2-7,14,21H,8-13,15H2,1H3. The fourth-order valence-electron chi connectivity index (χ4n) is 4.54. The molecule has 0 N–H and O–H groups in total. The van der Waals surface area contributed by atoms with Crippen LogP contribution in [0.1, 0.15) is 30.5 Å². The van der Waals surface area contributed by atoms with Crippen molar-refractivity contribution in [3.05, 3.63) is 65.2 Å². The van der Waals surface area contributed by atoms with Crippen LogP contribution < -0.4 is 0 Å². The highest BCUT2D eigenvalue weighted by Crippen LogP contribution is 2.33. The van der Waals surface area contributed by atoms with Gasteiger partial charge in [-0.1, -0.05) is 24.3 Å². The first-order valence-corrected chi connectivity index (χ1v) is 12.2. The monoisotopic (exact) mass is 477 g/mol. The summed E-state index contributed by atoms with van der Waals surface area (Å²) in [6, 6.07) is 9.74. The Hall–Kier alpha value is -2.85. The van der Waals surface area contributed by atoms with Gasteiger partial charge < -0.3 is 9.80 Å². The molecular formula is C23H25F2N3O4S. The smallest absolute Gasteiger partial charge is 0.246 e. The Bertz CT molecular complexity index is 1180. The number of amides is 2. The molecular weight excluding hydrogens is 452 g/mol. The highest BCUT2D eigenvalue weighted by Gasteiger charge is 2.35. The predicted octanol–water partition coefficient (Wildman–Crippen LogP) is 2.33. The number of hydrogen-bond acceptors (Lipinski definition) is 4. The van der Waals surface area contributed by atoms with Crippen LogP contribution in [-0.2, 0) is 26.0 Å². The molecule has 2 aliphatic heterocycles. The van der Waals surface area contributed by atoms with Gasteiger partial charge >= 0.3 is 0 Å². The Morgan fingerprint density at radius 2 is 1.70 bits per heavy atom. The molecule has 7 nitrogen and oxygen atoms in total. The molecule has 0 bridgehead atoms. The largest absolute Gasteiger partial charge is 0.340 e. The minimum atomic E-state index is -4.14. The number of carbonyl (C=O) groups excluding carboxylic acids is 2. The van der Waals surface area contributed by atoms with Crippen LogP contribution in [0.2, 0.25) is 0 Å². The van der Waals surface area contributed by atoms with Crippen LogP contribution in [0, 0.1) is 11.6 Å². The second-order valence-electron chi connectivity index (χ2n) is 8.24. The molecule has 2 aromatic carbocycles. The molecule has 1 unspecified atom stereocenters. The first-order valence-electron chi connectivity index (χ1n) is 10.8. The zero-order chi connectivity index (χ0) is 23.8. The quantitative estimate of drug-likeness (QED) is 0.677. The number of nitrogens with zero attached hydrogens (tertiary/aromatic N) is 3. The molecule has 2 amide bonds. The van der Waals surface area contributed by atoms with E-state index < -0.39 is 26.6 Å². The van der Waals surface area contributed by atoms with Crippen LogP contribution in [-0.4, -0.2) is 67.1 Å². The van der Waals surface area contributed by atoms with Gasteiger partial charge in [-0.3, -0.25) is 9.59 Å². The summed E-state index contributed by atoms with van der Waals surface area (Å²) in [5.74, 6) is -2.27. The van der Waals surface area contributed by atoms with Gasteiger partial charge in [0.1, 0.15) is 16.5 Å². The SMILES string of the molecule is CC(=O)N1CCc2ccccc2C1CC(=O)N1CCN(S(=O)(=O)c2ccc(F)cc2F)CC1. The van der Waals surface area contributed by atoms with E-state index in [1.54, 1.807) is 9.80 Å². The molecule has 1 saturated heterocycles.